The Morgan fingerprint density at radius 2 is 2.04 bits per heavy atom. The Kier molecular flexibility index (Phi) is 3.14. The van der Waals surface area contributed by atoms with E-state index in [-0.39, 0.29) is 35.0 Å². The molecule has 2 amide bonds. The van der Waals surface area contributed by atoms with Crippen LogP contribution in [0.15, 0.2) is 35.4 Å². The summed E-state index contributed by atoms with van der Waals surface area (Å²) in [5, 5.41) is 2.82. The fourth-order valence-electron chi connectivity index (χ4n) is 3.52. The number of hydrogen-bond acceptors (Lipinski definition) is 4. The minimum atomic E-state index is -0.372. The first-order valence-corrected chi connectivity index (χ1v) is 7.71. The van der Waals surface area contributed by atoms with Crippen molar-refractivity contribution in [3.05, 3.63) is 46.5 Å². The smallest absolute Gasteiger partial charge is 0.270 e. The van der Waals surface area contributed by atoms with E-state index in [0.29, 0.717) is 18.6 Å². The molecule has 2 bridgehead atoms. The van der Waals surface area contributed by atoms with Crippen LogP contribution >= 0.6 is 0 Å². The second-order valence-electron chi connectivity index (χ2n) is 6.01. The van der Waals surface area contributed by atoms with Gasteiger partial charge in [0.1, 0.15) is 11.2 Å². The molecule has 2 aliphatic heterocycles. The second-order valence-corrected chi connectivity index (χ2v) is 6.01. The van der Waals surface area contributed by atoms with Gasteiger partial charge in [0.25, 0.3) is 11.5 Å². The van der Waals surface area contributed by atoms with Gasteiger partial charge in [-0.25, -0.2) is 4.98 Å². The zero-order valence-electron chi connectivity index (χ0n) is 12.4. The van der Waals surface area contributed by atoms with Gasteiger partial charge in [-0.3, -0.25) is 18.8 Å². The lowest BCUT2D eigenvalue weighted by molar-refractivity contribution is -0.121. The van der Waals surface area contributed by atoms with Gasteiger partial charge < -0.3 is 10.2 Å². The van der Waals surface area contributed by atoms with E-state index >= 15 is 0 Å². The van der Waals surface area contributed by atoms with Gasteiger partial charge in [0.2, 0.25) is 5.91 Å². The van der Waals surface area contributed by atoms with Gasteiger partial charge in [-0.1, -0.05) is 6.07 Å². The van der Waals surface area contributed by atoms with Crippen LogP contribution in [-0.4, -0.2) is 44.7 Å². The highest BCUT2D eigenvalue weighted by molar-refractivity contribution is 5.95. The molecule has 1 N–H and O–H groups in total. The number of carbonyl (C=O) groups excluding carboxylic acids is 2. The van der Waals surface area contributed by atoms with Crippen molar-refractivity contribution >= 4 is 17.5 Å². The van der Waals surface area contributed by atoms with Crippen molar-refractivity contribution in [1.29, 1.82) is 0 Å². The molecule has 118 valence electrons. The third-order valence-corrected chi connectivity index (χ3v) is 4.65. The SMILES string of the molecule is O=C1C[C@@H]2CC[C@H](CN1)N2C(=O)c1cnc2ccccn2c1=O. The molecule has 2 saturated heterocycles. The summed E-state index contributed by atoms with van der Waals surface area (Å²) in [6.45, 7) is 0.448. The topological polar surface area (TPSA) is 83.8 Å². The van der Waals surface area contributed by atoms with Gasteiger partial charge in [0, 0.05) is 37.4 Å². The second kappa shape index (κ2) is 5.19. The Bertz CT molecular complexity index is 860. The van der Waals surface area contributed by atoms with Crippen molar-refractivity contribution in [2.24, 2.45) is 0 Å². The number of amides is 2. The van der Waals surface area contributed by atoms with Crippen LogP contribution in [-0.2, 0) is 4.79 Å². The molecule has 0 radical (unpaired) electrons. The van der Waals surface area contributed by atoms with Crippen LogP contribution in [0.5, 0.6) is 0 Å². The highest BCUT2D eigenvalue weighted by Crippen LogP contribution is 2.29. The first-order valence-electron chi connectivity index (χ1n) is 7.71. The van der Waals surface area contributed by atoms with Crippen LogP contribution in [0.2, 0.25) is 0 Å². The monoisotopic (exact) mass is 312 g/mol. The molecule has 0 unspecified atom stereocenters. The molecule has 7 nitrogen and oxygen atoms in total. The predicted octanol–water partition coefficient (Wildman–Crippen LogP) is 0.188. The molecule has 23 heavy (non-hydrogen) atoms. The Hall–Kier alpha value is -2.70. The third kappa shape index (κ3) is 2.19. The summed E-state index contributed by atoms with van der Waals surface area (Å²) in [7, 11) is 0. The lowest BCUT2D eigenvalue weighted by Crippen LogP contribution is -2.44. The van der Waals surface area contributed by atoms with Crippen molar-refractivity contribution in [1.82, 2.24) is 19.6 Å². The van der Waals surface area contributed by atoms with Crippen molar-refractivity contribution in [2.75, 3.05) is 6.54 Å². The summed E-state index contributed by atoms with van der Waals surface area (Å²) in [5.74, 6) is -0.367. The summed E-state index contributed by atoms with van der Waals surface area (Å²) in [6, 6.07) is 5.05. The molecule has 0 saturated carbocycles. The highest BCUT2D eigenvalue weighted by atomic mass is 16.2. The predicted molar refractivity (Wildman–Crippen MR) is 82.1 cm³/mol. The van der Waals surface area contributed by atoms with Crippen LogP contribution in [0.1, 0.15) is 29.6 Å². The Morgan fingerprint density at radius 1 is 1.22 bits per heavy atom. The van der Waals surface area contributed by atoms with Gasteiger partial charge in [0.15, 0.2) is 0 Å². The molecule has 7 heteroatoms. The summed E-state index contributed by atoms with van der Waals surface area (Å²) in [6.07, 6.45) is 4.89. The Morgan fingerprint density at radius 3 is 2.91 bits per heavy atom. The number of pyridine rings is 1. The number of fused-ring (bicyclic) bond motifs is 3. The molecule has 2 aliphatic rings. The molecular weight excluding hydrogens is 296 g/mol. The number of nitrogens with one attached hydrogen (secondary N) is 1. The van der Waals surface area contributed by atoms with Crippen LogP contribution in [0, 0.1) is 0 Å². The lowest BCUT2D eigenvalue weighted by Gasteiger charge is -2.27. The fourth-order valence-corrected chi connectivity index (χ4v) is 3.52. The standard InChI is InChI=1S/C16H16N4O3/c21-14-7-10-4-5-11(8-18-14)20(10)16(23)12-9-17-13-3-1-2-6-19(13)15(12)22/h1-3,6,9-11H,4-5,7-8H2,(H,18,21)/t10-,11+/m0/s1. The number of carbonyl (C=O) groups is 2. The quantitative estimate of drug-likeness (QED) is 0.814. The average molecular weight is 312 g/mol. The van der Waals surface area contributed by atoms with E-state index in [9.17, 15) is 14.4 Å². The molecule has 2 fully saturated rings. The van der Waals surface area contributed by atoms with Crippen LogP contribution in [0.4, 0.5) is 0 Å². The molecule has 0 spiro atoms. The maximum Gasteiger partial charge on any atom is 0.270 e. The Balaban J connectivity index is 1.76. The van der Waals surface area contributed by atoms with E-state index < -0.39 is 0 Å². The molecule has 0 aliphatic carbocycles. The zero-order valence-corrected chi connectivity index (χ0v) is 12.4. The fraction of sp³-hybridized carbons (Fsp3) is 0.375. The minimum absolute atomic E-state index is 0.0386. The van der Waals surface area contributed by atoms with Crippen LogP contribution < -0.4 is 10.9 Å². The lowest BCUT2D eigenvalue weighted by atomic mass is 10.1. The van der Waals surface area contributed by atoms with E-state index in [0.717, 1.165) is 12.8 Å². The van der Waals surface area contributed by atoms with E-state index in [1.54, 1.807) is 29.3 Å². The summed E-state index contributed by atoms with van der Waals surface area (Å²) in [5.41, 5.74) is 0.188. The van der Waals surface area contributed by atoms with Crippen LogP contribution in [0.3, 0.4) is 0 Å². The molecule has 2 atom stereocenters. The largest absolute Gasteiger partial charge is 0.354 e. The van der Waals surface area contributed by atoms with Gasteiger partial charge in [-0.15, -0.1) is 0 Å². The normalized spacial score (nSPS) is 23.7. The molecule has 0 aromatic carbocycles. The first-order chi connectivity index (χ1) is 11.1. The summed E-state index contributed by atoms with van der Waals surface area (Å²) < 4.78 is 1.37. The first kappa shape index (κ1) is 13.9. The summed E-state index contributed by atoms with van der Waals surface area (Å²) >= 11 is 0. The maximum atomic E-state index is 12.9. The van der Waals surface area contributed by atoms with Gasteiger partial charge in [-0.05, 0) is 25.0 Å². The zero-order chi connectivity index (χ0) is 16.0. The molecule has 2 aromatic heterocycles. The van der Waals surface area contributed by atoms with Gasteiger partial charge >= 0.3 is 0 Å². The number of nitrogens with zero attached hydrogens (tertiary/aromatic N) is 3. The number of aromatic nitrogens is 2. The van der Waals surface area contributed by atoms with E-state index in [1.165, 1.54) is 10.6 Å². The van der Waals surface area contributed by atoms with Crippen molar-refractivity contribution in [2.45, 2.75) is 31.3 Å². The van der Waals surface area contributed by atoms with E-state index in [1.807, 2.05) is 0 Å². The molecular formula is C16H16N4O3. The third-order valence-electron chi connectivity index (χ3n) is 4.65. The molecule has 4 heterocycles. The van der Waals surface area contributed by atoms with Crippen molar-refractivity contribution in [3.8, 4) is 0 Å². The van der Waals surface area contributed by atoms with Crippen molar-refractivity contribution < 1.29 is 9.59 Å². The number of hydrogen-bond donors (Lipinski definition) is 1. The van der Waals surface area contributed by atoms with Gasteiger partial charge in [-0.2, -0.15) is 0 Å². The minimum Gasteiger partial charge on any atom is -0.354 e. The van der Waals surface area contributed by atoms with Gasteiger partial charge in [0.05, 0.1) is 0 Å². The van der Waals surface area contributed by atoms with E-state index in [2.05, 4.69) is 10.3 Å². The number of rotatable bonds is 1. The molecule has 2 aromatic rings. The summed E-state index contributed by atoms with van der Waals surface area (Å²) in [4.78, 5) is 43.1. The molecule has 4 rings (SSSR count). The maximum absolute atomic E-state index is 12.9. The van der Waals surface area contributed by atoms with Crippen LogP contribution in [0.25, 0.3) is 5.65 Å². The van der Waals surface area contributed by atoms with E-state index in [4.69, 9.17) is 0 Å². The average Bonchev–Trinajstić information content (AvgIpc) is 2.86. The van der Waals surface area contributed by atoms with Crippen molar-refractivity contribution in [3.63, 3.8) is 0 Å². The highest BCUT2D eigenvalue weighted by Gasteiger charge is 2.41. The Labute approximate surface area is 131 Å².